The molecule has 13 heteroatoms. The van der Waals surface area contributed by atoms with E-state index in [0.29, 0.717) is 6.54 Å². The van der Waals surface area contributed by atoms with Crippen LogP contribution in [0.25, 0.3) is 5.76 Å². The molecule has 0 bridgehead atoms. The monoisotopic (exact) mass is 409 g/mol. The summed E-state index contributed by atoms with van der Waals surface area (Å²) in [7, 11) is -4.26. The Bertz CT molecular complexity index is 887. The second-order valence-corrected chi connectivity index (χ2v) is 7.23. The van der Waals surface area contributed by atoms with Crippen molar-refractivity contribution in [2.75, 3.05) is 32.1 Å². The van der Waals surface area contributed by atoms with Gasteiger partial charge in [0.1, 0.15) is 6.61 Å². The summed E-state index contributed by atoms with van der Waals surface area (Å²) < 4.78 is 75.0. The van der Waals surface area contributed by atoms with Crippen LogP contribution in [0.4, 0.5) is 23.7 Å². The molecule has 1 fully saturated rings. The fourth-order valence-electron chi connectivity index (χ4n) is 2.44. The maximum Gasteiger partial charge on any atom is 0.534 e. The summed E-state index contributed by atoms with van der Waals surface area (Å²) in [5, 5.41) is 2.86. The van der Waals surface area contributed by atoms with Crippen molar-refractivity contribution in [3.8, 4) is 5.75 Å². The Balaban J connectivity index is 1.78. The van der Waals surface area contributed by atoms with E-state index in [4.69, 9.17) is 9.47 Å². The van der Waals surface area contributed by atoms with E-state index in [-0.39, 0.29) is 30.2 Å². The van der Waals surface area contributed by atoms with Crippen LogP contribution >= 0.6 is 0 Å². The number of nitrogens with zero attached hydrogens (tertiary/aromatic N) is 2. The number of rotatable bonds is 5. The highest BCUT2D eigenvalue weighted by molar-refractivity contribution is 7.87. The maximum atomic E-state index is 12.6. The summed E-state index contributed by atoms with van der Waals surface area (Å²) in [5.41, 5.74) is -5.34. The van der Waals surface area contributed by atoms with E-state index in [0.717, 1.165) is 12.3 Å². The Labute approximate surface area is 151 Å². The number of carbonyl (C=O) groups excluding carboxylic acids is 1. The van der Waals surface area contributed by atoms with Crippen LogP contribution in [0.15, 0.2) is 18.5 Å². The predicted octanol–water partition coefficient (Wildman–Crippen LogP) is 1.54. The molecule has 1 unspecified atom stereocenters. The van der Waals surface area contributed by atoms with Crippen LogP contribution in [0.5, 0.6) is 5.75 Å². The summed E-state index contributed by atoms with van der Waals surface area (Å²) in [6.07, 6.45) is 2.57. The van der Waals surface area contributed by atoms with Crippen LogP contribution in [-0.2, 0) is 19.0 Å². The van der Waals surface area contributed by atoms with Gasteiger partial charge in [-0.25, -0.2) is 4.79 Å². The van der Waals surface area contributed by atoms with Gasteiger partial charge in [0.25, 0.3) is 0 Å². The second-order valence-electron chi connectivity index (χ2n) is 5.69. The molecule has 1 amide bonds. The van der Waals surface area contributed by atoms with E-state index < -0.39 is 33.6 Å². The van der Waals surface area contributed by atoms with E-state index >= 15 is 0 Å². The average Bonchev–Trinajstić information content (AvgIpc) is 2.90. The third-order valence-corrected chi connectivity index (χ3v) is 4.67. The minimum absolute atomic E-state index is 0.00731. The molecule has 1 saturated heterocycles. The summed E-state index contributed by atoms with van der Waals surface area (Å²) in [6.45, 7) is 0.306. The molecule has 0 saturated carbocycles. The first-order chi connectivity index (χ1) is 12.6. The van der Waals surface area contributed by atoms with Crippen LogP contribution in [0.1, 0.15) is 5.56 Å². The van der Waals surface area contributed by atoms with Gasteiger partial charge < -0.3 is 23.9 Å². The largest absolute Gasteiger partial charge is 0.534 e. The number of likely N-dealkylation sites (N-methyl/N-ethyl adjacent to an activating group) is 1. The number of anilines is 1. The molecule has 2 aliphatic rings. The molecular weight excluding hydrogens is 395 g/mol. The lowest BCUT2D eigenvalue weighted by atomic mass is 10.1. The van der Waals surface area contributed by atoms with Gasteiger partial charge in [-0.15, -0.1) is 0 Å². The number of hydrogen-bond donors (Lipinski definition) is 1. The second kappa shape index (κ2) is 6.79. The van der Waals surface area contributed by atoms with Gasteiger partial charge in [0, 0.05) is 19.8 Å². The van der Waals surface area contributed by atoms with Crippen LogP contribution in [0.2, 0.25) is 0 Å². The zero-order valence-corrected chi connectivity index (χ0v) is 14.6. The van der Waals surface area contributed by atoms with Crippen molar-refractivity contribution in [1.29, 1.82) is 0 Å². The van der Waals surface area contributed by atoms with Crippen LogP contribution in [-0.4, -0.2) is 62.8 Å². The molecule has 2 aliphatic heterocycles. The van der Waals surface area contributed by atoms with Crippen molar-refractivity contribution in [3.63, 3.8) is 0 Å². The molecule has 0 aliphatic carbocycles. The van der Waals surface area contributed by atoms with Gasteiger partial charge >= 0.3 is 21.7 Å². The molecule has 27 heavy (non-hydrogen) atoms. The van der Waals surface area contributed by atoms with E-state index in [1.165, 1.54) is 11.1 Å². The van der Waals surface area contributed by atoms with Gasteiger partial charge in [0.15, 0.2) is 17.6 Å². The number of alkyl halides is 3. The van der Waals surface area contributed by atoms with E-state index in [1.807, 2.05) is 0 Å². The topological polar surface area (TPSA) is 107 Å². The SMILES string of the molecule is CN1CC(COc2cncc3c2NCC=C3OS(=O)(=O)C(F)(F)F)OC1=O. The number of hydrogen-bond acceptors (Lipinski definition) is 8. The normalized spacial score (nSPS) is 19.7. The lowest BCUT2D eigenvalue weighted by molar-refractivity contribution is -0.0509. The Hall–Kier alpha value is -2.70. The first-order valence-corrected chi connectivity index (χ1v) is 8.97. The predicted molar refractivity (Wildman–Crippen MR) is 85.2 cm³/mol. The quantitative estimate of drug-likeness (QED) is 0.577. The highest BCUT2D eigenvalue weighted by Gasteiger charge is 2.49. The van der Waals surface area contributed by atoms with Crippen LogP contribution in [0, 0.1) is 0 Å². The smallest absolute Gasteiger partial charge is 0.486 e. The Morgan fingerprint density at radius 3 is 2.78 bits per heavy atom. The Kier molecular flexibility index (Phi) is 4.80. The Morgan fingerprint density at radius 1 is 1.41 bits per heavy atom. The lowest BCUT2D eigenvalue weighted by Gasteiger charge is -2.22. The van der Waals surface area contributed by atoms with Crippen LogP contribution in [0.3, 0.4) is 0 Å². The van der Waals surface area contributed by atoms with E-state index in [1.54, 1.807) is 7.05 Å². The van der Waals surface area contributed by atoms with Crippen molar-refractivity contribution in [1.82, 2.24) is 9.88 Å². The van der Waals surface area contributed by atoms with Crippen molar-refractivity contribution in [2.24, 2.45) is 0 Å². The lowest BCUT2D eigenvalue weighted by Crippen LogP contribution is -2.26. The molecular formula is C14H14F3N3O6S. The summed E-state index contributed by atoms with van der Waals surface area (Å²) in [5.74, 6) is -0.359. The minimum Gasteiger partial charge on any atom is -0.486 e. The molecule has 1 N–H and O–H groups in total. The van der Waals surface area contributed by atoms with Gasteiger partial charge in [-0.1, -0.05) is 0 Å². The molecule has 1 aromatic rings. The number of cyclic esters (lactones) is 1. The molecule has 0 spiro atoms. The highest BCUT2D eigenvalue weighted by Crippen LogP contribution is 2.38. The summed E-state index contributed by atoms with van der Waals surface area (Å²) in [4.78, 5) is 16.5. The van der Waals surface area contributed by atoms with Gasteiger partial charge in [-0.05, 0) is 6.08 Å². The summed E-state index contributed by atoms with van der Waals surface area (Å²) >= 11 is 0. The van der Waals surface area contributed by atoms with Crippen molar-refractivity contribution >= 4 is 27.7 Å². The van der Waals surface area contributed by atoms with Crippen molar-refractivity contribution < 1.29 is 40.0 Å². The fraction of sp³-hybridized carbons (Fsp3) is 0.429. The van der Waals surface area contributed by atoms with E-state index in [2.05, 4.69) is 14.5 Å². The third kappa shape index (κ3) is 3.86. The number of ether oxygens (including phenoxy) is 2. The minimum atomic E-state index is -5.82. The molecule has 148 valence electrons. The van der Waals surface area contributed by atoms with Crippen molar-refractivity contribution in [2.45, 2.75) is 11.6 Å². The van der Waals surface area contributed by atoms with Gasteiger partial charge in [0.05, 0.1) is 24.0 Å². The zero-order valence-electron chi connectivity index (χ0n) is 13.8. The molecule has 1 atom stereocenters. The standard InChI is InChI=1S/C14H14F3N3O6S/c1-20-6-8(25-13(20)21)7-24-11-5-18-4-9-10(2-3-19-12(9)11)26-27(22,23)14(15,16)17/h2,4-5,8,19H,3,6-7H2,1H3. The molecule has 1 aromatic heterocycles. The summed E-state index contributed by atoms with van der Waals surface area (Å²) in [6, 6.07) is 0. The molecule has 3 rings (SSSR count). The number of aromatic nitrogens is 1. The first-order valence-electron chi connectivity index (χ1n) is 7.56. The number of carbonyl (C=O) groups is 1. The highest BCUT2D eigenvalue weighted by atomic mass is 32.2. The van der Waals surface area contributed by atoms with Gasteiger partial charge in [-0.3, -0.25) is 4.98 Å². The van der Waals surface area contributed by atoms with E-state index in [9.17, 15) is 26.4 Å². The molecule has 9 nitrogen and oxygen atoms in total. The third-order valence-electron chi connectivity index (χ3n) is 3.71. The Morgan fingerprint density at radius 2 is 2.15 bits per heavy atom. The number of nitrogens with one attached hydrogen (secondary N) is 1. The molecule has 3 heterocycles. The molecule has 0 aromatic carbocycles. The average molecular weight is 409 g/mol. The maximum absolute atomic E-state index is 12.6. The number of pyridine rings is 1. The number of halogens is 3. The van der Waals surface area contributed by atoms with Gasteiger partial charge in [-0.2, -0.15) is 21.6 Å². The number of amides is 1. The van der Waals surface area contributed by atoms with Crippen molar-refractivity contribution in [3.05, 3.63) is 24.0 Å². The van der Waals surface area contributed by atoms with Gasteiger partial charge in [0.2, 0.25) is 0 Å². The fourth-order valence-corrected chi connectivity index (χ4v) is 2.93. The number of fused-ring (bicyclic) bond motifs is 1. The first kappa shape index (κ1) is 19.1. The zero-order chi connectivity index (χ0) is 19.8. The van der Waals surface area contributed by atoms with Crippen LogP contribution < -0.4 is 10.1 Å². The molecule has 0 radical (unpaired) electrons.